The highest BCUT2D eigenvalue weighted by Crippen LogP contribution is 2.35. The number of nitrogens with two attached hydrogens (primary N) is 1. The summed E-state index contributed by atoms with van der Waals surface area (Å²) in [5, 5.41) is 0.540. The molecule has 5 heteroatoms. The molecule has 0 saturated carbocycles. The maximum absolute atomic E-state index is 12.9. The molecule has 0 amide bonds. The van der Waals surface area contributed by atoms with Gasteiger partial charge in [0.2, 0.25) is 0 Å². The van der Waals surface area contributed by atoms with Crippen LogP contribution < -0.4 is 5.73 Å². The summed E-state index contributed by atoms with van der Waals surface area (Å²) < 4.78 is 38.8. The molecule has 0 aliphatic rings. The van der Waals surface area contributed by atoms with Crippen LogP contribution in [0, 0.1) is 0 Å². The molecule has 1 nitrogen and oxygen atoms in total. The fraction of sp³-hybridized carbons (Fsp3) is 0.143. The smallest absolute Gasteiger partial charge is 0.326 e. The minimum Gasteiger partial charge on any atom is -0.326 e. The lowest BCUT2D eigenvalue weighted by atomic mass is 9.99. The van der Waals surface area contributed by atoms with Gasteiger partial charge in [-0.2, -0.15) is 13.2 Å². The van der Waals surface area contributed by atoms with Gasteiger partial charge in [0.15, 0.2) is 0 Å². The number of benzene rings is 2. The van der Waals surface area contributed by atoms with Gasteiger partial charge in [0, 0.05) is 11.6 Å². The summed E-state index contributed by atoms with van der Waals surface area (Å²) in [6.45, 7) is -0.143. The average molecular weight is 286 g/mol. The second-order valence-corrected chi connectivity index (χ2v) is 4.52. The fourth-order valence-electron chi connectivity index (χ4n) is 1.84. The third kappa shape index (κ3) is 3.08. The van der Waals surface area contributed by atoms with Crippen molar-refractivity contribution < 1.29 is 13.2 Å². The molecule has 2 N–H and O–H groups in total. The molecule has 0 bridgehead atoms. The number of hydrogen-bond acceptors (Lipinski definition) is 1. The molecule has 19 heavy (non-hydrogen) atoms. The van der Waals surface area contributed by atoms with E-state index in [1.807, 2.05) is 0 Å². The van der Waals surface area contributed by atoms with Gasteiger partial charge in [-0.15, -0.1) is 0 Å². The summed E-state index contributed by atoms with van der Waals surface area (Å²) in [4.78, 5) is 0. The van der Waals surface area contributed by atoms with Gasteiger partial charge in [0.25, 0.3) is 0 Å². The zero-order valence-electron chi connectivity index (χ0n) is 9.84. The predicted octanol–water partition coefficient (Wildman–Crippen LogP) is 4.48. The van der Waals surface area contributed by atoms with E-state index in [1.165, 1.54) is 6.07 Å². The van der Waals surface area contributed by atoms with Crippen molar-refractivity contribution in [3.05, 3.63) is 58.6 Å². The maximum atomic E-state index is 12.9. The fourth-order valence-corrected chi connectivity index (χ4v) is 1.97. The van der Waals surface area contributed by atoms with Crippen LogP contribution in [0.1, 0.15) is 11.1 Å². The second kappa shape index (κ2) is 5.23. The molecule has 0 heterocycles. The van der Waals surface area contributed by atoms with E-state index >= 15 is 0 Å². The average Bonchev–Trinajstić information content (AvgIpc) is 2.38. The number of halogens is 4. The standard InChI is InChI=1S/C14H11ClF3N/c15-12-5-3-9(4-6-12)10-1-2-11(8-19)13(7-10)14(16,17)18/h1-7H,8,19H2. The third-order valence-electron chi connectivity index (χ3n) is 2.81. The Morgan fingerprint density at radius 3 is 2.05 bits per heavy atom. The first-order valence-corrected chi connectivity index (χ1v) is 5.96. The van der Waals surface area contributed by atoms with Crippen molar-refractivity contribution in [1.82, 2.24) is 0 Å². The normalized spacial score (nSPS) is 11.6. The largest absolute Gasteiger partial charge is 0.416 e. The lowest BCUT2D eigenvalue weighted by Gasteiger charge is -2.13. The van der Waals surface area contributed by atoms with Crippen molar-refractivity contribution >= 4 is 11.6 Å². The molecule has 2 aromatic rings. The monoisotopic (exact) mass is 285 g/mol. The molecule has 2 aromatic carbocycles. The summed E-state index contributed by atoms with van der Waals surface area (Å²) >= 11 is 5.75. The highest BCUT2D eigenvalue weighted by atomic mass is 35.5. The maximum Gasteiger partial charge on any atom is 0.416 e. The summed E-state index contributed by atoms with van der Waals surface area (Å²) in [6, 6.07) is 10.8. The molecule has 0 unspecified atom stereocenters. The van der Waals surface area contributed by atoms with Crippen molar-refractivity contribution in [1.29, 1.82) is 0 Å². The SMILES string of the molecule is NCc1ccc(-c2ccc(Cl)cc2)cc1C(F)(F)F. The van der Waals surface area contributed by atoms with Gasteiger partial charge in [-0.05, 0) is 34.9 Å². The first kappa shape index (κ1) is 13.9. The van der Waals surface area contributed by atoms with Gasteiger partial charge in [-0.25, -0.2) is 0 Å². The Morgan fingerprint density at radius 2 is 1.53 bits per heavy atom. The van der Waals surface area contributed by atoms with Crippen molar-refractivity contribution in [2.24, 2.45) is 5.73 Å². The van der Waals surface area contributed by atoms with Crippen LogP contribution in [0.15, 0.2) is 42.5 Å². The molecule has 0 aromatic heterocycles. The molecule has 0 fully saturated rings. The van der Waals surface area contributed by atoms with Crippen LogP contribution in [-0.4, -0.2) is 0 Å². The van der Waals surface area contributed by atoms with Crippen LogP contribution in [0.5, 0.6) is 0 Å². The second-order valence-electron chi connectivity index (χ2n) is 4.08. The lowest BCUT2D eigenvalue weighted by molar-refractivity contribution is -0.138. The van der Waals surface area contributed by atoms with Gasteiger partial charge in [-0.1, -0.05) is 35.9 Å². The van der Waals surface area contributed by atoms with Crippen LogP contribution in [0.4, 0.5) is 13.2 Å². The molecule has 2 rings (SSSR count). The van der Waals surface area contributed by atoms with E-state index in [0.717, 1.165) is 6.07 Å². The predicted molar refractivity (Wildman–Crippen MR) is 69.8 cm³/mol. The summed E-state index contributed by atoms with van der Waals surface area (Å²) in [6.07, 6.45) is -4.41. The number of rotatable bonds is 2. The molecule has 100 valence electrons. The Hall–Kier alpha value is -1.52. The zero-order valence-corrected chi connectivity index (χ0v) is 10.6. The Bertz CT molecular complexity index is 576. The van der Waals surface area contributed by atoms with Crippen LogP contribution in [0.25, 0.3) is 11.1 Å². The van der Waals surface area contributed by atoms with Crippen molar-refractivity contribution in [2.75, 3.05) is 0 Å². The highest BCUT2D eigenvalue weighted by Gasteiger charge is 2.33. The van der Waals surface area contributed by atoms with Crippen molar-refractivity contribution in [3.8, 4) is 11.1 Å². The molecule has 0 aliphatic heterocycles. The molecular weight excluding hydrogens is 275 g/mol. The van der Waals surface area contributed by atoms with Crippen LogP contribution >= 0.6 is 11.6 Å². The first-order chi connectivity index (χ1) is 8.91. The Kier molecular flexibility index (Phi) is 3.83. The lowest BCUT2D eigenvalue weighted by Crippen LogP contribution is -2.12. The summed E-state index contributed by atoms with van der Waals surface area (Å²) in [5.41, 5.74) is 5.90. The van der Waals surface area contributed by atoms with Gasteiger partial charge in [-0.3, -0.25) is 0 Å². The quantitative estimate of drug-likeness (QED) is 0.865. The zero-order chi connectivity index (χ0) is 14.0. The van der Waals surface area contributed by atoms with Gasteiger partial charge in [0.1, 0.15) is 0 Å². The molecule has 0 spiro atoms. The van der Waals surface area contributed by atoms with Crippen molar-refractivity contribution in [2.45, 2.75) is 12.7 Å². The minimum absolute atomic E-state index is 0.0882. The van der Waals surface area contributed by atoms with E-state index in [-0.39, 0.29) is 12.1 Å². The minimum atomic E-state index is -4.41. The summed E-state index contributed by atoms with van der Waals surface area (Å²) in [5.74, 6) is 0. The van der Waals surface area contributed by atoms with E-state index in [1.54, 1.807) is 30.3 Å². The number of alkyl halides is 3. The Morgan fingerprint density at radius 1 is 0.947 bits per heavy atom. The van der Waals surface area contributed by atoms with Crippen LogP contribution in [-0.2, 0) is 12.7 Å². The molecule has 0 aliphatic carbocycles. The topological polar surface area (TPSA) is 26.0 Å². The van der Waals surface area contributed by atoms with Gasteiger partial charge < -0.3 is 5.73 Å². The van der Waals surface area contributed by atoms with E-state index in [0.29, 0.717) is 16.1 Å². The molecular formula is C14H11ClF3N. The highest BCUT2D eigenvalue weighted by molar-refractivity contribution is 6.30. The Balaban J connectivity index is 2.52. The van der Waals surface area contributed by atoms with Crippen LogP contribution in [0.3, 0.4) is 0 Å². The first-order valence-electron chi connectivity index (χ1n) is 5.58. The molecule has 0 radical (unpaired) electrons. The van der Waals surface area contributed by atoms with E-state index in [4.69, 9.17) is 17.3 Å². The Labute approximate surface area is 113 Å². The van der Waals surface area contributed by atoms with E-state index in [2.05, 4.69) is 0 Å². The van der Waals surface area contributed by atoms with E-state index in [9.17, 15) is 13.2 Å². The van der Waals surface area contributed by atoms with Gasteiger partial charge in [0.05, 0.1) is 5.56 Å². The third-order valence-corrected chi connectivity index (χ3v) is 3.06. The molecule has 0 atom stereocenters. The van der Waals surface area contributed by atoms with Crippen LogP contribution in [0.2, 0.25) is 5.02 Å². The summed E-state index contributed by atoms with van der Waals surface area (Å²) in [7, 11) is 0. The van der Waals surface area contributed by atoms with E-state index < -0.39 is 11.7 Å². The number of hydrogen-bond donors (Lipinski definition) is 1. The van der Waals surface area contributed by atoms with Gasteiger partial charge >= 0.3 is 6.18 Å². The molecule has 0 saturated heterocycles. The van der Waals surface area contributed by atoms with Crippen molar-refractivity contribution in [3.63, 3.8) is 0 Å².